The van der Waals surface area contributed by atoms with Crippen LogP contribution < -0.4 is 0 Å². The third-order valence-electron chi connectivity index (χ3n) is 1.57. The lowest BCUT2D eigenvalue weighted by Gasteiger charge is -1.90. The first-order valence-corrected chi connectivity index (χ1v) is 5.00. The molecule has 0 aliphatic heterocycles. The maximum absolute atomic E-state index is 11.1. The second-order valence-corrected chi connectivity index (χ2v) is 3.46. The highest BCUT2D eigenvalue weighted by molar-refractivity contribution is 7.12. The van der Waals surface area contributed by atoms with Gasteiger partial charge in [0.05, 0.1) is 7.11 Å². The zero-order valence-electron chi connectivity index (χ0n) is 8.08. The molecule has 0 N–H and O–H groups in total. The van der Waals surface area contributed by atoms with Gasteiger partial charge in [-0.25, -0.2) is 4.79 Å². The molecule has 1 heterocycles. The molecule has 1 rings (SSSR count). The molecule has 0 radical (unpaired) electrons. The normalized spacial score (nSPS) is 9.93. The molecule has 0 amide bonds. The van der Waals surface area contributed by atoms with Crippen LogP contribution in [-0.2, 0) is 4.74 Å². The molecule has 5 nitrogen and oxygen atoms in total. The number of carbonyl (C=O) groups excluding carboxylic acids is 1. The van der Waals surface area contributed by atoms with E-state index >= 15 is 0 Å². The topological polar surface area (TPSA) is 75.1 Å². The average Bonchev–Trinajstić information content (AvgIpc) is 2.72. The van der Waals surface area contributed by atoms with Gasteiger partial charge in [-0.15, -0.1) is 11.3 Å². The summed E-state index contributed by atoms with van der Waals surface area (Å²) in [4.78, 5) is 14.3. The maximum Gasteiger partial charge on any atom is 0.348 e. The highest BCUT2D eigenvalue weighted by Crippen LogP contribution is 2.16. The van der Waals surface area contributed by atoms with Gasteiger partial charge in [-0.2, -0.15) is 0 Å². The van der Waals surface area contributed by atoms with Gasteiger partial charge in [-0.05, 0) is 22.5 Å². The number of hydrogen-bond acceptors (Lipinski definition) is 4. The van der Waals surface area contributed by atoms with Gasteiger partial charge in [0.1, 0.15) is 4.88 Å². The van der Waals surface area contributed by atoms with Crippen molar-refractivity contribution in [1.29, 1.82) is 0 Å². The molecule has 0 spiro atoms. The van der Waals surface area contributed by atoms with Crippen molar-refractivity contribution in [1.82, 2.24) is 0 Å². The minimum atomic E-state index is -0.338. The Morgan fingerprint density at radius 2 is 2.60 bits per heavy atom. The number of esters is 1. The molecule has 0 unspecified atom stereocenters. The lowest BCUT2D eigenvalue weighted by Crippen LogP contribution is -1.96. The van der Waals surface area contributed by atoms with Gasteiger partial charge in [-0.1, -0.05) is 17.3 Å². The molecule has 0 bridgehead atoms. The number of thiophene rings is 1. The minimum Gasteiger partial charge on any atom is -0.465 e. The summed E-state index contributed by atoms with van der Waals surface area (Å²) >= 11 is 1.32. The zero-order valence-corrected chi connectivity index (χ0v) is 8.90. The Bertz CT molecular complexity index is 419. The predicted octanol–water partition coefficient (Wildman–Crippen LogP) is 2.86. The molecule has 0 atom stereocenters. The van der Waals surface area contributed by atoms with Crippen molar-refractivity contribution < 1.29 is 9.53 Å². The van der Waals surface area contributed by atoms with Crippen molar-refractivity contribution in [3.05, 3.63) is 38.4 Å². The maximum atomic E-state index is 11.1. The number of hydrogen-bond donors (Lipinski definition) is 0. The van der Waals surface area contributed by atoms with Crippen LogP contribution in [0.1, 0.15) is 15.2 Å². The quantitative estimate of drug-likeness (QED) is 0.340. The zero-order chi connectivity index (χ0) is 11.1. The fourth-order valence-corrected chi connectivity index (χ4v) is 1.71. The largest absolute Gasteiger partial charge is 0.465 e. The summed E-state index contributed by atoms with van der Waals surface area (Å²) in [5.41, 5.74) is 8.93. The van der Waals surface area contributed by atoms with E-state index in [1.165, 1.54) is 18.4 Å². The van der Waals surface area contributed by atoms with E-state index in [0.29, 0.717) is 11.4 Å². The van der Waals surface area contributed by atoms with E-state index < -0.39 is 0 Å². The monoisotopic (exact) mass is 223 g/mol. The van der Waals surface area contributed by atoms with Crippen molar-refractivity contribution in [3.63, 3.8) is 0 Å². The first kappa shape index (κ1) is 11.3. The number of ether oxygens (including phenoxy) is 1. The summed E-state index contributed by atoms with van der Waals surface area (Å²) in [6.07, 6.45) is 3.51. The highest BCUT2D eigenvalue weighted by Gasteiger charge is 2.06. The van der Waals surface area contributed by atoms with E-state index in [1.54, 1.807) is 18.2 Å². The van der Waals surface area contributed by atoms with Crippen LogP contribution in [0.4, 0.5) is 0 Å². The Kier molecular flexibility index (Phi) is 4.40. The SMILES string of the molecule is COC(=O)c1cc(C=CCN=[N+]=[N-])cs1. The summed E-state index contributed by atoms with van der Waals surface area (Å²) in [6, 6.07) is 1.73. The molecule has 78 valence electrons. The minimum absolute atomic E-state index is 0.305. The van der Waals surface area contributed by atoms with E-state index in [-0.39, 0.29) is 5.97 Å². The molecule has 1 aromatic heterocycles. The summed E-state index contributed by atoms with van der Waals surface area (Å²) in [5, 5.41) is 5.18. The fourth-order valence-electron chi connectivity index (χ4n) is 0.918. The lowest BCUT2D eigenvalue weighted by atomic mass is 10.3. The van der Waals surface area contributed by atoms with Gasteiger partial charge >= 0.3 is 5.97 Å². The van der Waals surface area contributed by atoms with Gasteiger partial charge in [-0.3, -0.25) is 0 Å². The molecule has 0 saturated carbocycles. The van der Waals surface area contributed by atoms with Crippen LogP contribution in [0.15, 0.2) is 22.6 Å². The predicted molar refractivity (Wildman–Crippen MR) is 58.7 cm³/mol. The second kappa shape index (κ2) is 5.85. The molecule has 6 heteroatoms. The van der Waals surface area contributed by atoms with Crippen LogP contribution in [0.3, 0.4) is 0 Å². The smallest absolute Gasteiger partial charge is 0.348 e. The first-order chi connectivity index (χ1) is 7.27. The Balaban J connectivity index is 2.64. The van der Waals surface area contributed by atoms with Crippen LogP contribution in [0.5, 0.6) is 0 Å². The Morgan fingerprint density at radius 1 is 1.80 bits per heavy atom. The van der Waals surface area contributed by atoms with Crippen LogP contribution in [-0.4, -0.2) is 19.6 Å². The van der Waals surface area contributed by atoms with Gasteiger partial charge in [0.25, 0.3) is 0 Å². The second-order valence-electron chi connectivity index (χ2n) is 2.55. The Hall–Kier alpha value is -1.78. The number of nitrogens with zero attached hydrogens (tertiary/aromatic N) is 3. The summed E-state index contributed by atoms with van der Waals surface area (Å²) in [6.45, 7) is 0.305. The van der Waals surface area contributed by atoms with E-state index in [2.05, 4.69) is 14.8 Å². The number of azide groups is 1. The van der Waals surface area contributed by atoms with Crippen molar-refractivity contribution in [2.45, 2.75) is 0 Å². The summed E-state index contributed by atoms with van der Waals surface area (Å²) in [7, 11) is 1.35. The molecule has 0 aliphatic rings. The molecule has 1 aromatic rings. The summed E-state index contributed by atoms with van der Waals surface area (Å²) < 4.78 is 4.57. The van der Waals surface area contributed by atoms with E-state index in [9.17, 15) is 4.79 Å². The fraction of sp³-hybridized carbons (Fsp3) is 0.222. The number of methoxy groups -OCH3 is 1. The molecular formula is C9H9N3O2S. The average molecular weight is 223 g/mol. The van der Waals surface area contributed by atoms with Crippen LogP contribution in [0.2, 0.25) is 0 Å². The van der Waals surface area contributed by atoms with Gasteiger partial charge < -0.3 is 4.74 Å². The Labute approximate surface area is 90.6 Å². The lowest BCUT2D eigenvalue weighted by molar-refractivity contribution is 0.0606. The van der Waals surface area contributed by atoms with Crippen molar-refractivity contribution in [2.24, 2.45) is 5.11 Å². The van der Waals surface area contributed by atoms with Gasteiger partial charge in [0.15, 0.2) is 0 Å². The third kappa shape index (κ3) is 3.46. The third-order valence-corrected chi connectivity index (χ3v) is 2.50. The van der Waals surface area contributed by atoms with E-state index in [1.807, 2.05) is 5.38 Å². The number of carbonyl (C=O) groups is 1. The molecular weight excluding hydrogens is 214 g/mol. The van der Waals surface area contributed by atoms with Crippen LogP contribution >= 0.6 is 11.3 Å². The van der Waals surface area contributed by atoms with E-state index in [0.717, 1.165) is 5.56 Å². The molecule has 0 saturated heterocycles. The highest BCUT2D eigenvalue weighted by atomic mass is 32.1. The van der Waals surface area contributed by atoms with Gasteiger partial charge in [0.2, 0.25) is 0 Å². The van der Waals surface area contributed by atoms with Crippen molar-refractivity contribution in [2.75, 3.05) is 13.7 Å². The van der Waals surface area contributed by atoms with Crippen LogP contribution in [0.25, 0.3) is 16.5 Å². The molecule has 0 aromatic carbocycles. The molecule has 0 fully saturated rings. The molecule has 15 heavy (non-hydrogen) atoms. The van der Waals surface area contributed by atoms with Gasteiger partial charge in [0, 0.05) is 11.5 Å². The molecule has 0 aliphatic carbocycles. The van der Waals surface area contributed by atoms with Crippen molar-refractivity contribution in [3.8, 4) is 0 Å². The number of rotatable bonds is 4. The first-order valence-electron chi connectivity index (χ1n) is 4.12. The van der Waals surface area contributed by atoms with Crippen molar-refractivity contribution >= 4 is 23.4 Å². The van der Waals surface area contributed by atoms with E-state index in [4.69, 9.17) is 5.53 Å². The Morgan fingerprint density at radius 3 is 3.27 bits per heavy atom. The standard InChI is InChI=1S/C9H9N3O2S/c1-14-9(13)8-5-7(6-15-8)3-2-4-11-12-10/h2-3,5-6H,4H2,1H3. The summed E-state index contributed by atoms with van der Waals surface area (Å²) in [5.74, 6) is -0.338. The van der Waals surface area contributed by atoms with Crippen LogP contribution in [0, 0.1) is 0 Å².